The molecule has 2 nitrogen and oxygen atoms in total. The largest absolute Gasteiger partial charge is 0.497 e. The molecule has 0 radical (unpaired) electrons. The molecule has 1 N–H and O–H groups in total. The summed E-state index contributed by atoms with van der Waals surface area (Å²) in [4.78, 5) is 0. The third-order valence-electron chi connectivity index (χ3n) is 5.62. The van der Waals surface area contributed by atoms with Crippen LogP contribution in [0.4, 0.5) is 0 Å². The van der Waals surface area contributed by atoms with Crippen molar-refractivity contribution < 1.29 is 4.74 Å². The molecule has 1 aliphatic carbocycles. The second-order valence-electron chi connectivity index (χ2n) is 7.14. The van der Waals surface area contributed by atoms with Crippen LogP contribution in [0.1, 0.15) is 40.2 Å². The summed E-state index contributed by atoms with van der Waals surface area (Å²) in [5, 5.41) is 3.70. The molecule has 1 aliphatic rings. The number of methoxy groups -OCH3 is 1. The highest BCUT2D eigenvalue weighted by Crippen LogP contribution is 2.69. The van der Waals surface area contributed by atoms with Gasteiger partial charge in [-0.05, 0) is 47.4 Å². The first-order valence-corrected chi connectivity index (χ1v) is 7.71. The summed E-state index contributed by atoms with van der Waals surface area (Å²) in [6.07, 6.45) is 1.09. The van der Waals surface area contributed by atoms with Crippen LogP contribution >= 0.6 is 0 Å². The van der Waals surface area contributed by atoms with Crippen LogP contribution in [-0.4, -0.2) is 19.7 Å². The number of ether oxygens (including phenoxy) is 1. The van der Waals surface area contributed by atoms with Gasteiger partial charge in [-0.25, -0.2) is 0 Å². The fourth-order valence-electron chi connectivity index (χ4n) is 3.84. The minimum absolute atomic E-state index is 0.423. The SMILES string of the molecule is CCNC(Cc1ccc(OC)cc1)C1C(C)(C)C1(C)C. The molecule has 1 atom stereocenters. The van der Waals surface area contributed by atoms with Crippen LogP contribution in [0.5, 0.6) is 5.75 Å². The van der Waals surface area contributed by atoms with Crippen molar-refractivity contribution in [3.05, 3.63) is 29.8 Å². The van der Waals surface area contributed by atoms with Gasteiger partial charge >= 0.3 is 0 Å². The van der Waals surface area contributed by atoms with Crippen LogP contribution in [0.15, 0.2) is 24.3 Å². The van der Waals surface area contributed by atoms with Gasteiger partial charge in [0.15, 0.2) is 0 Å². The van der Waals surface area contributed by atoms with Gasteiger partial charge in [-0.15, -0.1) is 0 Å². The molecule has 0 heterocycles. The molecule has 0 aromatic heterocycles. The first kappa shape index (κ1) is 15.4. The molecular formula is C18H29NO. The minimum Gasteiger partial charge on any atom is -0.497 e. The highest BCUT2D eigenvalue weighted by Gasteiger charge is 2.66. The molecule has 0 spiro atoms. The van der Waals surface area contributed by atoms with E-state index < -0.39 is 0 Å². The predicted molar refractivity (Wildman–Crippen MR) is 85.2 cm³/mol. The lowest BCUT2D eigenvalue weighted by molar-refractivity contribution is 0.401. The Morgan fingerprint density at radius 3 is 2.05 bits per heavy atom. The highest BCUT2D eigenvalue weighted by atomic mass is 16.5. The van der Waals surface area contributed by atoms with Crippen LogP contribution < -0.4 is 10.1 Å². The summed E-state index contributed by atoms with van der Waals surface area (Å²) >= 11 is 0. The zero-order valence-corrected chi connectivity index (χ0v) is 13.8. The summed E-state index contributed by atoms with van der Waals surface area (Å²) in [7, 11) is 1.71. The van der Waals surface area contributed by atoms with Gasteiger partial charge in [-0.1, -0.05) is 46.8 Å². The van der Waals surface area contributed by atoms with E-state index in [2.05, 4.69) is 64.2 Å². The third-order valence-corrected chi connectivity index (χ3v) is 5.62. The Bertz CT molecular complexity index is 433. The van der Waals surface area contributed by atoms with Crippen molar-refractivity contribution in [3.8, 4) is 5.75 Å². The van der Waals surface area contributed by atoms with E-state index >= 15 is 0 Å². The lowest BCUT2D eigenvalue weighted by atomic mass is 9.96. The van der Waals surface area contributed by atoms with Gasteiger partial charge in [0.1, 0.15) is 5.75 Å². The number of benzene rings is 1. The molecule has 1 fully saturated rings. The molecule has 1 aromatic rings. The Hall–Kier alpha value is -1.02. The quantitative estimate of drug-likeness (QED) is 0.850. The van der Waals surface area contributed by atoms with Gasteiger partial charge in [0, 0.05) is 6.04 Å². The second kappa shape index (κ2) is 5.40. The third kappa shape index (κ3) is 2.58. The summed E-state index contributed by atoms with van der Waals surface area (Å²) in [5.74, 6) is 1.66. The number of nitrogens with one attached hydrogen (secondary N) is 1. The summed E-state index contributed by atoms with van der Waals surface area (Å²) in [5.41, 5.74) is 2.23. The molecule has 20 heavy (non-hydrogen) atoms. The second-order valence-corrected chi connectivity index (χ2v) is 7.14. The zero-order chi connectivity index (χ0) is 15.0. The van der Waals surface area contributed by atoms with Crippen molar-refractivity contribution in [2.45, 2.75) is 47.1 Å². The van der Waals surface area contributed by atoms with E-state index in [-0.39, 0.29) is 0 Å². The summed E-state index contributed by atoms with van der Waals surface area (Å²) in [6.45, 7) is 12.8. The minimum atomic E-state index is 0.423. The van der Waals surface area contributed by atoms with Crippen LogP contribution in [0.3, 0.4) is 0 Å². The predicted octanol–water partition coefficient (Wildman–Crippen LogP) is 3.90. The fourth-order valence-corrected chi connectivity index (χ4v) is 3.84. The molecule has 0 saturated heterocycles. The molecule has 1 aromatic carbocycles. The van der Waals surface area contributed by atoms with E-state index in [1.807, 2.05) is 0 Å². The number of hydrogen-bond acceptors (Lipinski definition) is 2. The molecule has 0 bridgehead atoms. The van der Waals surface area contributed by atoms with Crippen LogP contribution in [-0.2, 0) is 6.42 Å². The van der Waals surface area contributed by atoms with Gasteiger partial charge in [0.25, 0.3) is 0 Å². The zero-order valence-electron chi connectivity index (χ0n) is 13.8. The Morgan fingerprint density at radius 2 is 1.65 bits per heavy atom. The van der Waals surface area contributed by atoms with E-state index in [4.69, 9.17) is 4.74 Å². The Kier molecular flexibility index (Phi) is 4.15. The van der Waals surface area contributed by atoms with E-state index in [9.17, 15) is 0 Å². The van der Waals surface area contributed by atoms with E-state index in [0.717, 1.165) is 24.6 Å². The van der Waals surface area contributed by atoms with Crippen LogP contribution in [0, 0.1) is 16.7 Å². The number of rotatable bonds is 6. The smallest absolute Gasteiger partial charge is 0.118 e. The van der Waals surface area contributed by atoms with E-state index in [1.54, 1.807) is 7.11 Å². The van der Waals surface area contributed by atoms with Crippen molar-refractivity contribution in [2.75, 3.05) is 13.7 Å². The van der Waals surface area contributed by atoms with Crippen molar-refractivity contribution in [1.82, 2.24) is 5.32 Å². The van der Waals surface area contributed by atoms with Crippen LogP contribution in [0.2, 0.25) is 0 Å². The topological polar surface area (TPSA) is 21.3 Å². The molecule has 1 unspecified atom stereocenters. The van der Waals surface area contributed by atoms with Crippen molar-refractivity contribution in [2.24, 2.45) is 16.7 Å². The first-order chi connectivity index (χ1) is 9.34. The molecule has 1 saturated carbocycles. The maximum atomic E-state index is 5.23. The number of likely N-dealkylation sites (N-methyl/N-ethyl adjacent to an activating group) is 1. The molecule has 2 heteroatoms. The molecule has 0 amide bonds. The molecule has 0 aliphatic heterocycles. The van der Waals surface area contributed by atoms with Gasteiger partial charge in [0.05, 0.1) is 7.11 Å². The molecule has 112 valence electrons. The van der Waals surface area contributed by atoms with Crippen LogP contribution in [0.25, 0.3) is 0 Å². The Balaban J connectivity index is 2.10. The van der Waals surface area contributed by atoms with E-state index in [0.29, 0.717) is 16.9 Å². The lowest BCUT2D eigenvalue weighted by Gasteiger charge is -2.20. The average molecular weight is 275 g/mol. The van der Waals surface area contributed by atoms with Gasteiger partial charge in [-0.3, -0.25) is 0 Å². The monoisotopic (exact) mass is 275 g/mol. The first-order valence-electron chi connectivity index (χ1n) is 7.71. The van der Waals surface area contributed by atoms with Crippen molar-refractivity contribution >= 4 is 0 Å². The van der Waals surface area contributed by atoms with Crippen molar-refractivity contribution in [3.63, 3.8) is 0 Å². The normalized spacial score (nSPS) is 21.5. The standard InChI is InChI=1S/C18H29NO/c1-7-19-15(16-17(2,3)18(16,4)5)12-13-8-10-14(20-6)11-9-13/h8-11,15-16,19H,7,12H2,1-6H3. The highest BCUT2D eigenvalue weighted by molar-refractivity contribution is 5.29. The Morgan fingerprint density at radius 1 is 1.10 bits per heavy atom. The lowest BCUT2D eigenvalue weighted by Crippen LogP contribution is -2.35. The van der Waals surface area contributed by atoms with E-state index in [1.165, 1.54) is 5.56 Å². The Labute approximate surface area is 123 Å². The molecular weight excluding hydrogens is 246 g/mol. The maximum absolute atomic E-state index is 5.23. The van der Waals surface area contributed by atoms with Gasteiger partial charge in [0.2, 0.25) is 0 Å². The summed E-state index contributed by atoms with van der Waals surface area (Å²) < 4.78 is 5.23. The number of hydrogen-bond donors (Lipinski definition) is 1. The summed E-state index contributed by atoms with van der Waals surface area (Å²) in [6, 6.07) is 9.04. The van der Waals surface area contributed by atoms with Gasteiger partial charge in [-0.2, -0.15) is 0 Å². The van der Waals surface area contributed by atoms with Crippen molar-refractivity contribution in [1.29, 1.82) is 0 Å². The fraction of sp³-hybridized carbons (Fsp3) is 0.667. The average Bonchev–Trinajstić information content (AvgIpc) is 2.80. The van der Waals surface area contributed by atoms with Gasteiger partial charge < -0.3 is 10.1 Å². The molecule has 2 rings (SSSR count). The maximum Gasteiger partial charge on any atom is 0.118 e.